The molecule has 114 valence electrons. The van der Waals surface area contributed by atoms with Gasteiger partial charge in [0.25, 0.3) is 0 Å². The van der Waals surface area contributed by atoms with Crippen molar-refractivity contribution in [3.05, 3.63) is 76.9 Å². The van der Waals surface area contributed by atoms with Gasteiger partial charge in [0.05, 0.1) is 11.1 Å². The van der Waals surface area contributed by atoms with Crippen LogP contribution < -0.4 is 59.1 Å². The molecule has 0 aliphatic rings. The first-order chi connectivity index (χ1) is 10.5. The van der Waals surface area contributed by atoms with E-state index in [9.17, 15) is 14.4 Å². The second-order valence-electron chi connectivity index (χ2n) is 4.51. The van der Waals surface area contributed by atoms with Gasteiger partial charge >= 0.3 is 71.1 Å². The molecule has 0 heterocycles. The Morgan fingerprint density at radius 3 is 1.50 bits per heavy atom. The largest absolute Gasteiger partial charge is 1.00 e. The minimum absolute atomic E-state index is 0. The Bertz CT molecular complexity index is 760. The van der Waals surface area contributed by atoms with Gasteiger partial charge in [0.1, 0.15) is 0 Å². The molecule has 2 aromatic rings. The Morgan fingerprint density at radius 2 is 1.08 bits per heavy atom. The maximum atomic E-state index is 11.9. The number of hydrogen-bond acceptors (Lipinski definition) is 3. The molecule has 0 aliphatic heterocycles. The van der Waals surface area contributed by atoms with E-state index in [0.29, 0.717) is 11.1 Å². The molecular formula is C17H14Na2O5. The first-order valence-electron chi connectivity index (χ1n) is 6.36. The van der Waals surface area contributed by atoms with Crippen LogP contribution in [0.25, 0.3) is 6.08 Å². The van der Waals surface area contributed by atoms with Crippen molar-refractivity contribution in [1.82, 2.24) is 0 Å². The van der Waals surface area contributed by atoms with E-state index in [4.69, 9.17) is 10.2 Å². The van der Waals surface area contributed by atoms with E-state index in [2.05, 4.69) is 0 Å². The maximum absolute atomic E-state index is 11.9. The molecule has 0 bridgehead atoms. The first-order valence-corrected chi connectivity index (χ1v) is 6.36. The molecule has 2 rings (SSSR count). The summed E-state index contributed by atoms with van der Waals surface area (Å²) < 4.78 is 0. The van der Waals surface area contributed by atoms with Crippen LogP contribution in [-0.4, -0.2) is 27.9 Å². The molecule has 2 aromatic carbocycles. The molecule has 0 spiro atoms. The van der Waals surface area contributed by atoms with Crippen molar-refractivity contribution in [1.29, 1.82) is 0 Å². The van der Waals surface area contributed by atoms with Crippen LogP contribution in [0.3, 0.4) is 0 Å². The molecule has 0 saturated heterocycles. The van der Waals surface area contributed by atoms with Gasteiger partial charge in [-0.2, -0.15) is 0 Å². The minimum atomic E-state index is -1.05. The predicted octanol–water partition coefficient (Wildman–Crippen LogP) is -2.79. The molecule has 0 atom stereocenters. The average Bonchev–Trinajstić information content (AvgIpc) is 2.53. The quantitative estimate of drug-likeness (QED) is 0.348. The molecule has 0 fully saturated rings. The van der Waals surface area contributed by atoms with Gasteiger partial charge in [0.2, 0.25) is 0 Å². The third-order valence-electron chi connectivity index (χ3n) is 3.00. The Hall–Kier alpha value is -1.21. The number of carbonyl (C=O) groups is 3. The number of ketones is 1. The number of carboxylic acid groups (broad SMARTS) is 2. The van der Waals surface area contributed by atoms with Gasteiger partial charge in [0.15, 0.2) is 5.78 Å². The Kier molecular flexibility index (Phi) is 10.1. The van der Waals surface area contributed by atoms with Crippen LogP contribution in [0, 0.1) is 0 Å². The van der Waals surface area contributed by atoms with Gasteiger partial charge < -0.3 is 13.1 Å². The second kappa shape index (κ2) is 10.6. The SMILES string of the molecule is O=C(O)c1ccc(C=CC(=O)c2ccc(C(=O)O)cc2)cc1.[H-].[H-].[Na+].[Na+]. The van der Waals surface area contributed by atoms with E-state index in [1.54, 1.807) is 18.2 Å². The summed E-state index contributed by atoms with van der Waals surface area (Å²) in [7, 11) is 0. The van der Waals surface area contributed by atoms with Gasteiger partial charge in [-0.25, -0.2) is 9.59 Å². The molecule has 0 aliphatic carbocycles. The van der Waals surface area contributed by atoms with Crippen molar-refractivity contribution in [2.24, 2.45) is 0 Å². The van der Waals surface area contributed by atoms with Crippen molar-refractivity contribution in [3.8, 4) is 0 Å². The average molecular weight is 344 g/mol. The molecule has 0 unspecified atom stereocenters. The Morgan fingerprint density at radius 1 is 0.708 bits per heavy atom. The van der Waals surface area contributed by atoms with Gasteiger partial charge in [-0.1, -0.05) is 30.3 Å². The fraction of sp³-hybridized carbons (Fsp3) is 0. The van der Waals surface area contributed by atoms with Crippen LogP contribution in [0.4, 0.5) is 0 Å². The third kappa shape index (κ3) is 6.36. The number of allylic oxidation sites excluding steroid dienone is 1. The third-order valence-corrected chi connectivity index (χ3v) is 3.00. The topological polar surface area (TPSA) is 91.7 Å². The summed E-state index contributed by atoms with van der Waals surface area (Å²) in [5.41, 5.74) is 1.36. The summed E-state index contributed by atoms with van der Waals surface area (Å²) in [6, 6.07) is 11.7. The van der Waals surface area contributed by atoms with Crippen molar-refractivity contribution in [2.75, 3.05) is 0 Å². The zero-order chi connectivity index (χ0) is 16.1. The summed E-state index contributed by atoms with van der Waals surface area (Å²) in [5.74, 6) is -2.32. The minimum Gasteiger partial charge on any atom is -1.00 e. The predicted molar refractivity (Wildman–Crippen MR) is 82.4 cm³/mol. The number of aromatic carboxylic acids is 2. The summed E-state index contributed by atoms with van der Waals surface area (Å²) in [5, 5.41) is 17.6. The molecule has 24 heavy (non-hydrogen) atoms. The van der Waals surface area contributed by atoms with Gasteiger partial charge in [-0.3, -0.25) is 4.79 Å². The molecule has 0 radical (unpaired) electrons. The van der Waals surface area contributed by atoms with Gasteiger partial charge in [-0.15, -0.1) is 0 Å². The van der Waals surface area contributed by atoms with E-state index < -0.39 is 11.9 Å². The number of rotatable bonds is 5. The molecule has 0 aromatic heterocycles. The second-order valence-corrected chi connectivity index (χ2v) is 4.51. The monoisotopic (exact) mass is 344 g/mol. The van der Waals surface area contributed by atoms with E-state index in [0.717, 1.165) is 0 Å². The molecule has 0 amide bonds. The van der Waals surface area contributed by atoms with Crippen molar-refractivity contribution in [3.63, 3.8) is 0 Å². The zero-order valence-electron chi connectivity index (χ0n) is 15.4. The molecular weight excluding hydrogens is 330 g/mol. The molecule has 0 saturated carbocycles. The van der Waals surface area contributed by atoms with Crippen molar-refractivity contribution >= 4 is 23.8 Å². The van der Waals surface area contributed by atoms with Crippen LogP contribution in [-0.2, 0) is 0 Å². The molecule has 7 heteroatoms. The fourth-order valence-electron chi connectivity index (χ4n) is 1.78. The Balaban J connectivity index is -0.00000132. The molecule has 2 N–H and O–H groups in total. The van der Waals surface area contributed by atoms with E-state index >= 15 is 0 Å². The maximum Gasteiger partial charge on any atom is 1.00 e. The standard InChI is InChI=1S/C17H12O5.2Na.2H/c18-15(12-6-8-14(9-7-12)17(21)22)10-3-11-1-4-13(5-2-11)16(19)20;;;;/h1-10H,(H,19,20)(H,21,22);;;;/q;2*+1;2*-1. The van der Waals surface area contributed by atoms with Crippen molar-refractivity contribution in [2.45, 2.75) is 0 Å². The summed E-state index contributed by atoms with van der Waals surface area (Å²) in [6.07, 6.45) is 2.92. The fourth-order valence-corrected chi connectivity index (χ4v) is 1.78. The van der Waals surface area contributed by atoms with E-state index in [1.165, 1.54) is 42.5 Å². The molecule has 5 nitrogen and oxygen atoms in total. The Labute approximate surface area is 185 Å². The van der Waals surface area contributed by atoms with E-state index in [-0.39, 0.29) is 78.9 Å². The van der Waals surface area contributed by atoms with Crippen LogP contribution in [0.15, 0.2) is 54.6 Å². The van der Waals surface area contributed by atoms with Crippen LogP contribution in [0.1, 0.15) is 39.5 Å². The normalized spacial score (nSPS) is 9.67. The van der Waals surface area contributed by atoms with Crippen LogP contribution in [0.2, 0.25) is 0 Å². The summed E-state index contributed by atoms with van der Waals surface area (Å²) in [4.78, 5) is 33.4. The summed E-state index contributed by atoms with van der Waals surface area (Å²) in [6.45, 7) is 0. The summed E-state index contributed by atoms with van der Waals surface area (Å²) >= 11 is 0. The first kappa shape index (κ1) is 22.8. The number of carboxylic acids is 2. The number of benzene rings is 2. The number of hydrogen-bond donors (Lipinski definition) is 2. The van der Waals surface area contributed by atoms with Crippen LogP contribution >= 0.6 is 0 Å². The smallest absolute Gasteiger partial charge is 1.00 e. The number of carbonyl (C=O) groups excluding carboxylic acids is 1. The van der Waals surface area contributed by atoms with Crippen molar-refractivity contribution < 1.29 is 86.6 Å². The van der Waals surface area contributed by atoms with E-state index in [1.807, 2.05) is 0 Å². The van der Waals surface area contributed by atoms with Gasteiger partial charge in [0, 0.05) is 5.56 Å². The zero-order valence-corrected chi connectivity index (χ0v) is 17.4. The van der Waals surface area contributed by atoms with Crippen LogP contribution in [0.5, 0.6) is 0 Å². The van der Waals surface area contributed by atoms with Gasteiger partial charge in [-0.05, 0) is 35.9 Å².